The van der Waals surface area contributed by atoms with Crippen LogP contribution >= 0.6 is 11.3 Å². The smallest absolute Gasteiger partial charge is 0.338 e. The van der Waals surface area contributed by atoms with Crippen LogP contribution in [0.4, 0.5) is 11.4 Å². The summed E-state index contributed by atoms with van der Waals surface area (Å²) in [5.41, 5.74) is 2.56. The van der Waals surface area contributed by atoms with Crippen LogP contribution in [-0.4, -0.2) is 23.9 Å². The summed E-state index contributed by atoms with van der Waals surface area (Å²) >= 11 is 1.34. The fourth-order valence-electron chi connectivity index (χ4n) is 2.45. The van der Waals surface area contributed by atoms with Crippen molar-refractivity contribution in [1.82, 2.24) is 0 Å². The van der Waals surface area contributed by atoms with Gasteiger partial charge >= 0.3 is 5.97 Å². The predicted molar refractivity (Wildman–Crippen MR) is 113 cm³/mol. The molecular formula is C22H20N2O4S. The highest BCUT2D eigenvalue weighted by Crippen LogP contribution is 2.15. The van der Waals surface area contributed by atoms with Crippen LogP contribution in [0.1, 0.15) is 32.5 Å². The van der Waals surface area contributed by atoms with Gasteiger partial charge in [0.1, 0.15) is 0 Å². The zero-order valence-electron chi connectivity index (χ0n) is 16.0. The molecule has 6 nitrogen and oxygen atoms in total. The molecule has 0 spiro atoms. The molecular weight excluding hydrogens is 388 g/mol. The number of aryl methyl sites for hydroxylation is 1. The van der Waals surface area contributed by atoms with Crippen LogP contribution in [-0.2, 0) is 9.53 Å². The van der Waals surface area contributed by atoms with Gasteiger partial charge in [0.05, 0.1) is 10.4 Å². The zero-order chi connectivity index (χ0) is 20.8. The number of ether oxygens (including phenoxy) is 1. The molecule has 0 aliphatic heterocycles. The molecule has 3 rings (SSSR count). The highest BCUT2D eigenvalue weighted by Gasteiger charge is 2.19. The maximum atomic E-state index is 12.3. The second-order valence-electron chi connectivity index (χ2n) is 6.41. The van der Waals surface area contributed by atoms with Crippen molar-refractivity contribution in [3.8, 4) is 0 Å². The Balaban J connectivity index is 1.54. The van der Waals surface area contributed by atoms with Crippen molar-refractivity contribution in [3.05, 3.63) is 82.0 Å². The first-order valence-electron chi connectivity index (χ1n) is 8.96. The van der Waals surface area contributed by atoms with Gasteiger partial charge in [0.15, 0.2) is 6.10 Å². The average Bonchev–Trinajstić information content (AvgIpc) is 3.25. The summed E-state index contributed by atoms with van der Waals surface area (Å²) in [6.45, 7) is 3.46. The van der Waals surface area contributed by atoms with Crippen LogP contribution in [0.2, 0.25) is 0 Å². The Morgan fingerprint density at radius 2 is 1.52 bits per heavy atom. The van der Waals surface area contributed by atoms with Crippen molar-refractivity contribution in [2.45, 2.75) is 20.0 Å². The van der Waals surface area contributed by atoms with Crippen LogP contribution < -0.4 is 10.6 Å². The van der Waals surface area contributed by atoms with E-state index >= 15 is 0 Å². The Kier molecular flexibility index (Phi) is 6.41. The molecule has 0 bridgehead atoms. The van der Waals surface area contributed by atoms with Gasteiger partial charge in [-0.2, -0.15) is 0 Å². The Bertz CT molecular complexity index is 996. The molecule has 1 aromatic heterocycles. The van der Waals surface area contributed by atoms with Crippen LogP contribution in [0.3, 0.4) is 0 Å². The molecule has 0 saturated heterocycles. The first kappa shape index (κ1) is 20.3. The highest BCUT2D eigenvalue weighted by atomic mass is 32.1. The number of carbonyl (C=O) groups excluding carboxylic acids is 3. The summed E-state index contributed by atoms with van der Waals surface area (Å²) in [4.78, 5) is 37.2. The summed E-state index contributed by atoms with van der Waals surface area (Å²) in [6.07, 6.45) is -0.956. The van der Waals surface area contributed by atoms with Gasteiger partial charge < -0.3 is 15.4 Å². The van der Waals surface area contributed by atoms with E-state index in [0.717, 1.165) is 5.56 Å². The van der Waals surface area contributed by atoms with Crippen LogP contribution in [0.15, 0.2) is 66.0 Å². The number of hydrogen-bond acceptors (Lipinski definition) is 5. The van der Waals surface area contributed by atoms with E-state index in [4.69, 9.17) is 4.74 Å². The van der Waals surface area contributed by atoms with E-state index < -0.39 is 18.0 Å². The summed E-state index contributed by atoms with van der Waals surface area (Å²) in [6, 6.07) is 17.2. The average molecular weight is 408 g/mol. The van der Waals surface area contributed by atoms with Gasteiger partial charge in [0.2, 0.25) is 0 Å². The van der Waals surface area contributed by atoms with E-state index in [9.17, 15) is 14.4 Å². The second-order valence-corrected chi connectivity index (χ2v) is 7.36. The maximum absolute atomic E-state index is 12.3. The Morgan fingerprint density at radius 1 is 0.897 bits per heavy atom. The number of carbonyl (C=O) groups is 3. The minimum absolute atomic E-state index is 0.211. The number of benzene rings is 2. The van der Waals surface area contributed by atoms with E-state index in [-0.39, 0.29) is 11.5 Å². The number of anilines is 2. The van der Waals surface area contributed by atoms with E-state index in [1.165, 1.54) is 30.4 Å². The number of thiophene rings is 1. The number of rotatable bonds is 6. The fourth-order valence-corrected chi connectivity index (χ4v) is 3.07. The molecule has 0 aliphatic carbocycles. The maximum Gasteiger partial charge on any atom is 0.338 e. The first-order valence-corrected chi connectivity index (χ1v) is 9.84. The van der Waals surface area contributed by atoms with Gasteiger partial charge in [0.25, 0.3) is 11.8 Å². The van der Waals surface area contributed by atoms with Crippen molar-refractivity contribution < 1.29 is 19.1 Å². The molecule has 29 heavy (non-hydrogen) atoms. The lowest BCUT2D eigenvalue weighted by Crippen LogP contribution is -2.30. The molecule has 1 atom stereocenters. The third-order valence-electron chi connectivity index (χ3n) is 4.10. The largest absolute Gasteiger partial charge is 0.449 e. The van der Waals surface area contributed by atoms with Crippen molar-refractivity contribution in [2.75, 3.05) is 10.6 Å². The Hall–Kier alpha value is -3.45. The summed E-state index contributed by atoms with van der Waals surface area (Å²) in [5.74, 6) is -1.24. The minimum Gasteiger partial charge on any atom is -0.449 e. The summed E-state index contributed by atoms with van der Waals surface area (Å²) in [7, 11) is 0. The van der Waals surface area contributed by atoms with Crippen molar-refractivity contribution in [2.24, 2.45) is 0 Å². The SMILES string of the molecule is Cc1ccc(NC(=O)[C@H](C)OC(=O)c2ccc(NC(=O)c3cccs3)cc2)cc1. The van der Waals surface area contributed by atoms with E-state index in [1.807, 2.05) is 24.4 Å². The number of hydrogen-bond donors (Lipinski definition) is 2. The van der Waals surface area contributed by atoms with Crippen LogP contribution in [0, 0.1) is 6.92 Å². The molecule has 0 unspecified atom stereocenters. The van der Waals surface area contributed by atoms with Crippen LogP contribution in [0.25, 0.3) is 0 Å². The molecule has 3 aromatic rings. The molecule has 0 saturated carbocycles. The van der Waals surface area contributed by atoms with Crippen molar-refractivity contribution in [1.29, 1.82) is 0 Å². The molecule has 2 N–H and O–H groups in total. The molecule has 0 fully saturated rings. The van der Waals surface area contributed by atoms with Crippen molar-refractivity contribution >= 4 is 40.5 Å². The van der Waals surface area contributed by atoms with Crippen molar-refractivity contribution in [3.63, 3.8) is 0 Å². The van der Waals surface area contributed by atoms with Gasteiger partial charge in [-0.25, -0.2) is 4.79 Å². The minimum atomic E-state index is -0.956. The molecule has 0 aliphatic rings. The molecule has 148 valence electrons. The molecule has 2 amide bonds. The highest BCUT2D eigenvalue weighted by molar-refractivity contribution is 7.12. The Labute approximate surface area is 172 Å². The summed E-state index contributed by atoms with van der Waals surface area (Å²) in [5, 5.41) is 7.29. The number of amides is 2. The van der Waals surface area contributed by atoms with Gasteiger partial charge in [0, 0.05) is 11.4 Å². The lowest BCUT2D eigenvalue weighted by molar-refractivity contribution is -0.123. The summed E-state index contributed by atoms with van der Waals surface area (Å²) < 4.78 is 5.24. The Morgan fingerprint density at radius 3 is 2.14 bits per heavy atom. The first-order chi connectivity index (χ1) is 13.9. The molecule has 2 aromatic carbocycles. The molecule has 0 radical (unpaired) electrons. The number of nitrogens with one attached hydrogen (secondary N) is 2. The van der Waals surface area contributed by atoms with Gasteiger partial charge in [-0.15, -0.1) is 11.3 Å². The second kappa shape index (κ2) is 9.16. The van der Waals surface area contributed by atoms with Gasteiger partial charge in [-0.3, -0.25) is 9.59 Å². The monoisotopic (exact) mass is 408 g/mol. The van der Waals surface area contributed by atoms with Gasteiger partial charge in [-0.05, 0) is 61.7 Å². The van der Waals surface area contributed by atoms with E-state index in [2.05, 4.69) is 10.6 Å². The molecule has 7 heteroatoms. The van der Waals surface area contributed by atoms with Gasteiger partial charge in [-0.1, -0.05) is 23.8 Å². The molecule has 1 heterocycles. The third kappa shape index (κ3) is 5.52. The quantitative estimate of drug-likeness (QED) is 0.589. The lowest BCUT2D eigenvalue weighted by Gasteiger charge is -2.14. The predicted octanol–water partition coefficient (Wildman–Crippen LogP) is 4.49. The topological polar surface area (TPSA) is 84.5 Å². The number of esters is 1. The standard InChI is InChI=1S/C22H20N2O4S/c1-14-5-9-17(10-6-14)23-20(25)15(2)28-22(27)16-7-11-18(12-8-16)24-21(26)19-4-3-13-29-19/h3-13,15H,1-2H3,(H,23,25)(H,24,26)/t15-/m0/s1. The van der Waals surface area contributed by atoms with E-state index in [1.54, 1.807) is 36.4 Å². The fraction of sp³-hybridized carbons (Fsp3) is 0.136. The third-order valence-corrected chi connectivity index (χ3v) is 4.96. The zero-order valence-corrected chi connectivity index (χ0v) is 16.8. The lowest BCUT2D eigenvalue weighted by atomic mass is 10.2. The van der Waals surface area contributed by atoms with E-state index in [0.29, 0.717) is 16.3 Å². The normalized spacial score (nSPS) is 11.4. The van der Waals surface area contributed by atoms with Crippen LogP contribution in [0.5, 0.6) is 0 Å².